The summed E-state index contributed by atoms with van der Waals surface area (Å²) in [7, 11) is 1.34. The first-order chi connectivity index (χ1) is 10.8. The molecule has 0 unspecified atom stereocenters. The summed E-state index contributed by atoms with van der Waals surface area (Å²) in [5.41, 5.74) is 0.714. The van der Waals surface area contributed by atoms with E-state index in [1.807, 2.05) is 6.07 Å². The monoisotopic (exact) mass is 329 g/mol. The number of piperidine rings is 1. The lowest BCUT2D eigenvalue weighted by atomic mass is 10.0. The van der Waals surface area contributed by atoms with E-state index in [0.29, 0.717) is 25.1 Å². The molecule has 1 aromatic rings. The number of urea groups is 1. The largest absolute Gasteiger partial charge is 0.405 e. The average Bonchev–Trinajstić information content (AvgIpc) is 2.52. The van der Waals surface area contributed by atoms with Gasteiger partial charge in [0.05, 0.1) is 0 Å². The van der Waals surface area contributed by atoms with Crippen LogP contribution in [-0.2, 0) is 4.79 Å². The fourth-order valence-electron chi connectivity index (χ4n) is 2.52. The minimum atomic E-state index is -4.48. The molecule has 5 nitrogen and oxygen atoms in total. The minimum absolute atomic E-state index is 0.285. The number of carbonyl (C=O) groups excluding carboxylic acids is 2. The molecule has 0 aromatic heterocycles. The SMILES string of the molecule is CN(C(=O)NCC(F)(F)F)[C@H]1CCCN(c2ccccc2)C1=O. The molecule has 1 aliphatic heterocycles. The Morgan fingerprint density at radius 1 is 1.35 bits per heavy atom. The van der Waals surface area contributed by atoms with E-state index in [4.69, 9.17) is 0 Å². The third kappa shape index (κ3) is 4.37. The molecular weight excluding hydrogens is 311 g/mol. The molecule has 1 N–H and O–H groups in total. The predicted molar refractivity (Wildman–Crippen MR) is 79.0 cm³/mol. The van der Waals surface area contributed by atoms with Crippen LogP contribution in [0, 0.1) is 0 Å². The first-order valence-electron chi connectivity index (χ1n) is 7.23. The van der Waals surface area contributed by atoms with Gasteiger partial charge in [-0.2, -0.15) is 13.2 Å². The molecule has 1 fully saturated rings. The maximum Gasteiger partial charge on any atom is 0.405 e. The highest BCUT2D eigenvalue weighted by Gasteiger charge is 2.35. The number of nitrogens with zero attached hydrogens (tertiary/aromatic N) is 2. The smallest absolute Gasteiger partial charge is 0.329 e. The number of rotatable bonds is 3. The Bertz CT molecular complexity index is 563. The van der Waals surface area contributed by atoms with E-state index in [2.05, 4.69) is 0 Å². The van der Waals surface area contributed by atoms with Gasteiger partial charge in [-0.15, -0.1) is 0 Å². The van der Waals surface area contributed by atoms with Crippen LogP contribution in [0.4, 0.5) is 23.7 Å². The average molecular weight is 329 g/mol. The van der Waals surface area contributed by atoms with Gasteiger partial charge in [0.15, 0.2) is 0 Å². The molecule has 8 heteroatoms. The van der Waals surface area contributed by atoms with E-state index in [9.17, 15) is 22.8 Å². The fraction of sp³-hybridized carbons (Fsp3) is 0.467. The third-order valence-electron chi connectivity index (χ3n) is 3.71. The molecule has 2 rings (SSSR count). The number of nitrogens with one attached hydrogen (secondary N) is 1. The normalized spacial score (nSPS) is 18.7. The van der Waals surface area contributed by atoms with Crippen LogP contribution in [0.3, 0.4) is 0 Å². The maximum absolute atomic E-state index is 12.6. The van der Waals surface area contributed by atoms with Crippen molar-refractivity contribution in [3.05, 3.63) is 30.3 Å². The van der Waals surface area contributed by atoms with Gasteiger partial charge in [0.1, 0.15) is 12.6 Å². The van der Waals surface area contributed by atoms with Crippen LogP contribution in [0.25, 0.3) is 0 Å². The van der Waals surface area contributed by atoms with Gasteiger partial charge in [-0.3, -0.25) is 4.79 Å². The number of anilines is 1. The van der Waals surface area contributed by atoms with Gasteiger partial charge >= 0.3 is 12.2 Å². The van der Waals surface area contributed by atoms with E-state index in [0.717, 1.165) is 4.90 Å². The van der Waals surface area contributed by atoms with E-state index in [-0.39, 0.29) is 5.91 Å². The van der Waals surface area contributed by atoms with Gasteiger partial charge in [0, 0.05) is 19.3 Å². The van der Waals surface area contributed by atoms with Gasteiger partial charge < -0.3 is 15.1 Å². The highest BCUT2D eigenvalue weighted by Crippen LogP contribution is 2.23. The summed E-state index contributed by atoms with van der Waals surface area (Å²) in [6.45, 7) is -0.892. The van der Waals surface area contributed by atoms with Crippen molar-refractivity contribution < 1.29 is 22.8 Å². The van der Waals surface area contributed by atoms with Crippen molar-refractivity contribution in [2.24, 2.45) is 0 Å². The molecule has 1 atom stereocenters. The van der Waals surface area contributed by atoms with Gasteiger partial charge in [-0.25, -0.2) is 4.79 Å². The molecule has 0 radical (unpaired) electrons. The number of likely N-dealkylation sites (N-methyl/N-ethyl adjacent to an activating group) is 1. The zero-order valence-corrected chi connectivity index (χ0v) is 12.6. The second-order valence-corrected chi connectivity index (χ2v) is 5.37. The standard InChI is InChI=1S/C15H18F3N3O2/c1-20(14(23)19-10-15(16,17)18)12-8-5-9-21(13(12)22)11-6-3-2-4-7-11/h2-4,6-7,12H,5,8-10H2,1H3,(H,19,23)/t12-/m0/s1. The second-order valence-electron chi connectivity index (χ2n) is 5.37. The van der Waals surface area contributed by atoms with Crippen molar-refractivity contribution in [1.29, 1.82) is 0 Å². The Morgan fingerprint density at radius 3 is 2.61 bits per heavy atom. The van der Waals surface area contributed by atoms with Crippen molar-refractivity contribution >= 4 is 17.6 Å². The van der Waals surface area contributed by atoms with Crippen molar-refractivity contribution in [2.45, 2.75) is 25.1 Å². The first-order valence-corrected chi connectivity index (χ1v) is 7.23. The summed E-state index contributed by atoms with van der Waals surface area (Å²) in [6, 6.07) is 7.31. The summed E-state index contributed by atoms with van der Waals surface area (Å²) in [6.07, 6.45) is -3.39. The molecule has 1 aliphatic rings. The van der Waals surface area contributed by atoms with Crippen LogP contribution in [0.2, 0.25) is 0 Å². The molecule has 1 heterocycles. The molecule has 126 valence electrons. The van der Waals surface area contributed by atoms with E-state index < -0.39 is 24.8 Å². The quantitative estimate of drug-likeness (QED) is 0.926. The van der Waals surface area contributed by atoms with Gasteiger partial charge in [0.25, 0.3) is 0 Å². The van der Waals surface area contributed by atoms with Gasteiger partial charge in [-0.05, 0) is 25.0 Å². The van der Waals surface area contributed by atoms with Gasteiger partial charge in [0.2, 0.25) is 5.91 Å². The lowest BCUT2D eigenvalue weighted by molar-refractivity contribution is -0.125. The molecule has 23 heavy (non-hydrogen) atoms. The van der Waals surface area contributed by atoms with Crippen LogP contribution >= 0.6 is 0 Å². The highest BCUT2D eigenvalue weighted by molar-refractivity contribution is 5.99. The number of hydrogen-bond acceptors (Lipinski definition) is 2. The molecular formula is C15H18F3N3O2. The summed E-state index contributed by atoms with van der Waals surface area (Å²) >= 11 is 0. The lowest BCUT2D eigenvalue weighted by Gasteiger charge is -2.36. The van der Waals surface area contributed by atoms with Gasteiger partial charge in [-0.1, -0.05) is 18.2 Å². The van der Waals surface area contributed by atoms with Crippen LogP contribution in [0.15, 0.2) is 30.3 Å². The molecule has 3 amide bonds. The van der Waals surface area contributed by atoms with Crippen LogP contribution in [0.5, 0.6) is 0 Å². The topological polar surface area (TPSA) is 52.7 Å². The second kappa shape index (κ2) is 6.89. The van der Waals surface area contributed by atoms with Crippen LogP contribution < -0.4 is 10.2 Å². The molecule has 0 saturated carbocycles. The number of benzene rings is 1. The first kappa shape index (κ1) is 17.1. The number of para-hydroxylation sites is 1. The maximum atomic E-state index is 12.6. The highest BCUT2D eigenvalue weighted by atomic mass is 19.4. The molecule has 0 aliphatic carbocycles. The molecule has 0 spiro atoms. The number of amides is 3. The predicted octanol–water partition coefficient (Wildman–Crippen LogP) is 2.39. The summed E-state index contributed by atoms with van der Waals surface area (Å²) < 4.78 is 36.5. The van der Waals surface area contributed by atoms with E-state index in [1.165, 1.54) is 7.05 Å². The number of halogens is 3. The van der Waals surface area contributed by atoms with Crippen molar-refractivity contribution in [1.82, 2.24) is 10.2 Å². The van der Waals surface area contributed by atoms with Crippen LogP contribution in [-0.4, -0.2) is 49.2 Å². The third-order valence-corrected chi connectivity index (χ3v) is 3.71. The molecule has 1 saturated heterocycles. The fourth-order valence-corrected chi connectivity index (χ4v) is 2.52. The summed E-state index contributed by atoms with van der Waals surface area (Å²) in [5, 5.41) is 1.79. The Labute approximate surface area is 132 Å². The van der Waals surface area contributed by atoms with Crippen molar-refractivity contribution in [3.63, 3.8) is 0 Å². The Balaban J connectivity index is 2.04. The van der Waals surface area contributed by atoms with Crippen LogP contribution in [0.1, 0.15) is 12.8 Å². The molecule has 1 aromatic carbocycles. The van der Waals surface area contributed by atoms with Crippen molar-refractivity contribution in [2.75, 3.05) is 25.0 Å². The zero-order chi connectivity index (χ0) is 17.0. The Hall–Kier alpha value is -2.25. The molecule has 0 bridgehead atoms. The number of hydrogen-bond donors (Lipinski definition) is 1. The minimum Gasteiger partial charge on any atom is -0.329 e. The number of alkyl halides is 3. The summed E-state index contributed by atoms with van der Waals surface area (Å²) in [5.74, 6) is -0.285. The zero-order valence-electron chi connectivity index (χ0n) is 12.6. The lowest BCUT2D eigenvalue weighted by Crippen LogP contribution is -2.55. The Morgan fingerprint density at radius 2 is 2.00 bits per heavy atom. The van der Waals surface area contributed by atoms with E-state index >= 15 is 0 Å². The number of carbonyl (C=O) groups is 2. The summed E-state index contributed by atoms with van der Waals surface area (Å²) in [4.78, 5) is 27.0. The van der Waals surface area contributed by atoms with Crippen molar-refractivity contribution in [3.8, 4) is 0 Å². The van der Waals surface area contributed by atoms with E-state index in [1.54, 1.807) is 34.5 Å². The Kier molecular flexibility index (Phi) is 5.12.